The number of nitrogens with one attached hydrogen (secondary N) is 1. The van der Waals surface area contributed by atoms with Crippen LogP contribution in [0.3, 0.4) is 0 Å². The van der Waals surface area contributed by atoms with Gasteiger partial charge in [0.05, 0.1) is 16.8 Å². The summed E-state index contributed by atoms with van der Waals surface area (Å²) in [4.78, 5) is 17.0. The molecule has 4 rings (SSSR count). The molecule has 28 heavy (non-hydrogen) atoms. The molecule has 0 saturated carbocycles. The Kier molecular flexibility index (Phi) is 4.68. The van der Waals surface area contributed by atoms with Crippen molar-refractivity contribution >= 4 is 33.3 Å². The van der Waals surface area contributed by atoms with E-state index in [2.05, 4.69) is 21.5 Å². The number of rotatable bonds is 4. The van der Waals surface area contributed by atoms with Crippen molar-refractivity contribution in [3.05, 3.63) is 70.7 Å². The Labute approximate surface area is 165 Å². The van der Waals surface area contributed by atoms with Gasteiger partial charge < -0.3 is 5.32 Å². The van der Waals surface area contributed by atoms with Crippen molar-refractivity contribution in [3.63, 3.8) is 0 Å². The van der Waals surface area contributed by atoms with Crippen molar-refractivity contribution in [2.75, 3.05) is 5.32 Å². The number of thiazole rings is 1. The van der Waals surface area contributed by atoms with Crippen molar-refractivity contribution in [2.24, 2.45) is 0 Å². The van der Waals surface area contributed by atoms with Crippen LogP contribution in [0.2, 0.25) is 0 Å². The second-order valence-corrected chi connectivity index (χ2v) is 7.83. The lowest BCUT2D eigenvalue weighted by Gasteiger charge is -2.09. The zero-order valence-electron chi connectivity index (χ0n) is 15.8. The number of carbonyl (C=O) groups is 1. The molecule has 0 atom stereocenters. The number of hydrogen-bond acceptors (Lipinski definition) is 4. The standard InChI is InChI=1S/C21H19FN4OS/c1-12-7-8-15(13(2)9-12)11-19(27)23-18-10-14(3)25-26(18)21-24-20-16(22)5-4-6-17(20)28-21/h4-10H,11H2,1-3H3,(H,23,27). The summed E-state index contributed by atoms with van der Waals surface area (Å²) in [5, 5.41) is 7.85. The van der Waals surface area contributed by atoms with Crippen LogP contribution in [0.5, 0.6) is 0 Å². The summed E-state index contributed by atoms with van der Waals surface area (Å²) in [5.74, 6) is 0.0106. The van der Waals surface area contributed by atoms with E-state index in [4.69, 9.17) is 0 Å². The zero-order valence-corrected chi connectivity index (χ0v) is 16.6. The summed E-state index contributed by atoms with van der Waals surface area (Å²) in [7, 11) is 0. The van der Waals surface area contributed by atoms with E-state index >= 15 is 0 Å². The summed E-state index contributed by atoms with van der Waals surface area (Å²) >= 11 is 1.33. The molecule has 142 valence electrons. The molecule has 0 saturated heterocycles. The highest BCUT2D eigenvalue weighted by atomic mass is 32.1. The number of para-hydroxylation sites is 1. The maximum Gasteiger partial charge on any atom is 0.229 e. The molecule has 4 aromatic rings. The first-order valence-corrected chi connectivity index (χ1v) is 9.70. The van der Waals surface area contributed by atoms with Crippen LogP contribution in [0.1, 0.15) is 22.4 Å². The molecule has 0 spiro atoms. The van der Waals surface area contributed by atoms with E-state index in [0.717, 1.165) is 21.5 Å². The molecule has 2 aromatic carbocycles. The van der Waals surface area contributed by atoms with Crippen LogP contribution >= 0.6 is 11.3 Å². The zero-order chi connectivity index (χ0) is 19.8. The normalized spacial score (nSPS) is 11.1. The average Bonchev–Trinajstić information content (AvgIpc) is 3.21. The first kappa shape index (κ1) is 18.3. The number of benzene rings is 2. The molecule has 7 heteroatoms. The Morgan fingerprint density at radius 2 is 2.00 bits per heavy atom. The fourth-order valence-corrected chi connectivity index (χ4v) is 4.08. The van der Waals surface area contributed by atoms with Crippen molar-refractivity contribution < 1.29 is 9.18 Å². The molecule has 0 aliphatic rings. The molecule has 0 aliphatic carbocycles. The number of halogens is 1. The lowest BCUT2D eigenvalue weighted by Crippen LogP contribution is -2.17. The molecule has 0 fully saturated rings. The molecule has 5 nitrogen and oxygen atoms in total. The summed E-state index contributed by atoms with van der Waals surface area (Å²) < 4.78 is 16.3. The molecule has 0 bridgehead atoms. The number of anilines is 1. The number of carbonyl (C=O) groups excluding carboxylic acids is 1. The Bertz CT molecular complexity index is 1190. The van der Waals surface area contributed by atoms with Crippen molar-refractivity contribution in [2.45, 2.75) is 27.2 Å². The minimum absolute atomic E-state index is 0.139. The highest BCUT2D eigenvalue weighted by Gasteiger charge is 2.16. The quantitative estimate of drug-likeness (QED) is 0.544. The minimum Gasteiger partial charge on any atom is -0.310 e. The monoisotopic (exact) mass is 394 g/mol. The van der Waals surface area contributed by atoms with E-state index in [9.17, 15) is 9.18 Å². The smallest absolute Gasteiger partial charge is 0.229 e. The lowest BCUT2D eigenvalue weighted by molar-refractivity contribution is -0.115. The van der Waals surface area contributed by atoms with Crippen molar-refractivity contribution in [1.82, 2.24) is 14.8 Å². The number of aromatic nitrogens is 3. The maximum atomic E-state index is 14.0. The number of fused-ring (bicyclic) bond motifs is 1. The van der Waals surface area contributed by atoms with Gasteiger partial charge in [0.2, 0.25) is 11.0 Å². The van der Waals surface area contributed by atoms with Crippen LogP contribution in [0.25, 0.3) is 15.3 Å². The summed E-state index contributed by atoms with van der Waals surface area (Å²) in [6.45, 7) is 5.86. The third-order valence-corrected chi connectivity index (χ3v) is 5.48. The molecule has 0 radical (unpaired) electrons. The Balaban J connectivity index is 1.62. The van der Waals surface area contributed by atoms with Gasteiger partial charge >= 0.3 is 0 Å². The molecule has 0 unspecified atom stereocenters. The van der Waals surface area contributed by atoms with Crippen molar-refractivity contribution in [3.8, 4) is 5.13 Å². The Morgan fingerprint density at radius 1 is 1.18 bits per heavy atom. The second kappa shape index (κ2) is 7.16. The number of hydrogen-bond donors (Lipinski definition) is 1. The molecule has 1 N–H and O–H groups in total. The van der Waals surface area contributed by atoms with Gasteiger partial charge in [-0.2, -0.15) is 9.78 Å². The van der Waals surface area contributed by atoms with E-state index in [0.29, 0.717) is 16.5 Å². The molecule has 2 heterocycles. The van der Waals surface area contributed by atoms with Crippen LogP contribution in [0, 0.1) is 26.6 Å². The van der Waals surface area contributed by atoms with Gasteiger partial charge in [-0.25, -0.2) is 9.37 Å². The molecular weight excluding hydrogens is 375 g/mol. The predicted molar refractivity (Wildman–Crippen MR) is 110 cm³/mol. The van der Waals surface area contributed by atoms with Gasteiger partial charge in [0.15, 0.2) is 0 Å². The van der Waals surface area contributed by atoms with Crippen molar-refractivity contribution in [1.29, 1.82) is 0 Å². The predicted octanol–water partition coefficient (Wildman–Crippen LogP) is 4.73. The van der Waals surface area contributed by atoms with Gasteiger partial charge in [-0.1, -0.05) is 41.2 Å². The van der Waals surface area contributed by atoms with Crippen LogP contribution in [0.15, 0.2) is 42.5 Å². The van der Waals surface area contributed by atoms with Gasteiger partial charge in [-0.15, -0.1) is 0 Å². The summed E-state index contributed by atoms with van der Waals surface area (Å²) in [6.07, 6.45) is 0.269. The van der Waals surface area contributed by atoms with Gasteiger partial charge in [0, 0.05) is 6.07 Å². The van der Waals surface area contributed by atoms with Gasteiger partial charge in [0.1, 0.15) is 17.2 Å². The largest absolute Gasteiger partial charge is 0.310 e. The van der Waals surface area contributed by atoms with Crippen LogP contribution in [-0.4, -0.2) is 20.7 Å². The minimum atomic E-state index is -0.371. The fourth-order valence-electron chi connectivity index (χ4n) is 3.13. The van der Waals surface area contributed by atoms with Gasteiger partial charge in [-0.3, -0.25) is 4.79 Å². The van der Waals surface area contributed by atoms with E-state index in [-0.39, 0.29) is 18.1 Å². The number of aryl methyl sites for hydroxylation is 3. The van der Waals surface area contributed by atoms with Gasteiger partial charge in [-0.05, 0) is 44.0 Å². The van der Waals surface area contributed by atoms with Gasteiger partial charge in [0.25, 0.3) is 0 Å². The number of nitrogens with zero attached hydrogens (tertiary/aromatic N) is 3. The fraction of sp³-hybridized carbons (Fsp3) is 0.190. The van der Waals surface area contributed by atoms with E-state index in [1.54, 1.807) is 16.8 Å². The maximum absolute atomic E-state index is 14.0. The second-order valence-electron chi connectivity index (χ2n) is 6.82. The van der Waals surface area contributed by atoms with E-state index < -0.39 is 0 Å². The highest BCUT2D eigenvalue weighted by molar-refractivity contribution is 7.20. The summed E-state index contributed by atoms with van der Waals surface area (Å²) in [5.41, 5.74) is 4.28. The first-order valence-electron chi connectivity index (χ1n) is 8.89. The Morgan fingerprint density at radius 3 is 2.75 bits per heavy atom. The average molecular weight is 394 g/mol. The molecular formula is C21H19FN4OS. The third-order valence-electron chi connectivity index (χ3n) is 4.49. The first-order chi connectivity index (χ1) is 13.4. The van der Waals surface area contributed by atoms with Crippen LogP contribution < -0.4 is 5.32 Å². The van der Waals surface area contributed by atoms with Crippen LogP contribution in [0.4, 0.5) is 10.2 Å². The van der Waals surface area contributed by atoms with E-state index in [1.165, 1.54) is 23.0 Å². The SMILES string of the molecule is Cc1ccc(CC(=O)Nc2cc(C)nn2-c2nc3c(F)cccc3s2)c(C)c1. The topological polar surface area (TPSA) is 59.8 Å². The van der Waals surface area contributed by atoms with Crippen LogP contribution in [-0.2, 0) is 11.2 Å². The highest BCUT2D eigenvalue weighted by Crippen LogP contribution is 2.28. The molecule has 2 aromatic heterocycles. The van der Waals surface area contributed by atoms with E-state index in [1.807, 2.05) is 39.0 Å². The molecule has 0 aliphatic heterocycles. The Hall–Kier alpha value is -3.06. The summed E-state index contributed by atoms with van der Waals surface area (Å²) in [6, 6.07) is 12.7. The number of amides is 1. The third kappa shape index (κ3) is 3.53. The lowest BCUT2D eigenvalue weighted by atomic mass is 10.0. The molecule has 1 amide bonds.